The van der Waals surface area contributed by atoms with E-state index in [4.69, 9.17) is 4.98 Å². The average molecular weight is 243 g/mol. The summed E-state index contributed by atoms with van der Waals surface area (Å²) in [6.07, 6.45) is 5.15. The van der Waals surface area contributed by atoms with E-state index in [2.05, 4.69) is 16.9 Å². The van der Waals surface area contributed by atoms with E-state index in [1.54, 1.807) is 11.3 Å². The highest BCUT2D eigenvalue weighted by molar-refractivity contribution is 7.17. The second kappa shape index (κ2) is 4.37. The molecule has 0 N–H and O–H groups in total. The van der Waals surface area contributed by atoms with Crippen molar-refractivity contribution in [2.45, 2.75) is 26.2 Å². The number of thiazole rings is 1. The quantitative estimate of drug-likeness (QED) is 0.705. The van der Waals surface area contributed by atoms with Gasteiger partial charge in [0.15, 0.2) is 0 Å². The topological polar surface area (TPSA) is 38.7 Å². The smallest absolute Gasteiger partial charge is 0.108 e. The largest absolute Gasteiger partial charge is 0.253 e. The Morgan fingerprint density at radius 1 is 1.24 bits per heavy atom. The third-order valence-corrected chi connectivity index (χ3v) is 3.70. The van der Waals surface area contributed by atoms with E-state index >= 15 is 0 Å². The maximum Gasteiger partial charge on any atom is 0.108 e. The van der Waals surface area contributed by atoms with Gasteiger partial charge in [-0.1, -0.05) is 13.3 Å². The summed E-state index contributed by atoms with van der Waals surface area (Å²) in [5, 5.41) is 0. The Morgan fingerprint density at radius 2 is 2.18 bits per heavy atom. The van der Waals surface area contributed by atoms with Crippen molar-refractivity contribution in [3.8, 4) is 0 Å². The van der Waals surface area contributed by atoms with Gasteiger partial charge in [0, 0.05) is 6.20 Å². The molecule has 0 unspecified atom stereocenters. The van der Waals surface area contributed by atoms with Crippen molar-refractivity contribution in [2.75, 3.05) is 0 Å². The van der Waals surface area contributed by atoms with Crippen LogP contribution in [-0.4, -0.2) is 15.0 Å². The molecule has 0 bridgehead atoms. The lowest BCUT2D eigenvalue weighted by Crippen LogP contribution is -1.94. The van der Waals surface area contributed by atoms with Gasteiger partial charge < -0.3 is 0 Å². The molecule has 4 heteroatoms. The first-order chi connectivity index (χ1) is 8.40. The van der Waals surface area contributed by atoms with E-state index in [0.29, 0.717) is 0 Å². The van der Waals surface area contributed by atoms with E-state index < -0.39 is 0 Å². The maximum absolute atomic E-state index is 4.69. The number of hydrogen-bond donors (Lipinski definition) is 0. The molecule has 86 valence electrons. The number of pyridine rings is 2. The normalized spacial score (nSPS) is 11.4. The van der Waals surface area contributed by atoms with E-state index in [-0.39, 0.29) is 0 Å². The molecule has 0 aliphatic rings. The standard InChI is InChI=1S/C13H13N3S/c1-2-3-5-9-12-13(17-8-15-12)11-10(16-9)6-4-7-14-11/h4,6-8H,2-3,5H2,1H3. The first-order valence-electron chi connectivity index (χ1n) is 5.87. The van der Waals surface area contributed by atoms with Gasteiger partial charge in [0.2, 0.25) is 0 Å². The fourth-order valence-electron chi connectivity index (χ4n) is 2.00. The lowest BCUT2D eigenvalue weighted by atomic mass is 10.1. The van der Waals surface area contributed by atoms with Crippen molar-refractivity contribution >= 4 is 32.6 Å². The Hall–Kier alpha value is -1.55. The molecule has 0 aromatic carbocycles. The van der Waals surface area contributed by atoms with Crippen LogP contribution in [0, 0.1) is 0 Å². The number of aryl methyl sites for hydroxylation is 1. The Morgan fingerprint density at radius 3 is 3.06 bits per heavy atom. The van der Waals surface area contributed by atoms with Crippen LogP contribution in [0.3, 0.4) is 0 Å². The molecule has 3 aromatic heterocycles. The molecule has 0 fully saturated rings. The van der Waals surface area contributed by atoms with Crippen molar-refractivity contribution in [3.05, 3.63) is 29.5 Å². The fraction of sp³-hybridized carbons (Fsp3) is 0.308. The summed E-state index contributed by atoms with van der Waals surface area (Å²) >= 11 is 1.65. The van der Waals surface area contributed by atoms with Crippen molar-refractivity contribution < 1.29 is 0 Å². The highest BCUT2D eigenvalue weighted by Gasteiger charge is 2.10. The number of fused-ring (bicyclic) bond motifs is 3. The Labute approximate surface area is 104 Å². The van der Waals surface area contributed by atoms with Gasteiger partial charge in [-0.25, -0.2) is 9.97 Å². The highest BCUT2D eigenvalue weighted by Crippen LogP contribution is 2.27. The molecule has 0 aliphatic heterocycles. The van der Waals surface area contributed by atoms with Crippen molar-refractivity contribution in [1.82, 2.24) is 15.0 Å². The number of unbranched alkanes of at least 4 members (excludes halogenated alkanes) is 1. The van der Waals surface area contributed by atoms with E-state index in [0.717, 1.165) is 35.1 Å². The molecule has 0 saturated carbocycles. The van der Waals surface area contributed by atoms with Gasteiger partial charge in [0.05, 0.1) is 21.4 Å². The third kappa shape index (κ3) is 1.78. The molecular formula is C13H13N3S. The van der Waals surface area contributed by atoms with E-state index in [9.17, 15) is 0 Å². The summed E-state index contributed by atoms with van der Waals surface area (Å²) in [5.41, 5.74) is 5.99. The zero-order valence-corrected chi connectivity index (χ0v) is 10.5. The van der Waals surface area contributed by atoms with Crippen molar-refractivity contribution in [1.29, 1.82) is 0 Å². The SMILES string of the molecule is CCCCc1nc2cccnc2c2scnc12. The van der Waals surface area contributed by atoms with Gasteiger partial charge in [-0.05, 0) is 25.0 Å². The fourth-order valence-corrected chi connectivity index (χ4v) is 2.81. The molecule has 0 saturated heterocycles. The minimum Gasteiger partial charge on any atom is -0.253 e. The Bertz CT molecular complexity index is 660. The molecular weight excluding hydrogens is 230 g/mol. The first-order valence-corrected chi connectivity index (χ1v) is 6.75. The summed E-state index contributed by atoms with van der Waals surface area (Å²) in [7, 11) is 0. The van der Waals surface area contributed by atoms with Gasteiger partial charge in [0.1, 0.15) is 11.0 Å². The summed E-state index contributed by atoms with van der Waals surface area (Å²) in [6, 6.07) is 3.96. The predicted octanol–water partition coefficient (Wildman–Crippen LogP) is 3.58. The van der Waals surface area contributed by atoms with Gasteiger partial charge in [-0.3, -0.25) is 4.98 Å². The molecule has 3 rings (SSSR count). The molecule has 0 aliphatic carbocycles. The number of nitrogens with zero attached hydrogens (tertiary/aromatic N) is 3. The second-order valence-electron chi connectivity index (χ2n) is 4.06. The third-order valence-electron chi connectivity index (χ3n) is 2.86. The zero-order valence-electron chi connectivity index (χ0n) is 9.68. The molecule has 0 amide bonds. The van der Waals surface area contributed by atoms with Gasteiger partial charge in [0.25, 0.3) is 0 Å². The van der Waals surface area contributed by atoms with Crippen LogP contribution in [0.2, 0.25) is 0 Å². The summed E-state index contributed by atoms with van der Waals surface area (Å²) < 4.78 is 1.17. The zero-order chi connectivity index (χ0) is 11.7. The number of aromatic nitrogens is 3. The van der Waals surface area contributed by atoms with Crippen LogP contribution in [0.15, 0.2) is 23.8 Å². The van der Waals surface area contributed by atoms with Crippen LogP contribution in [0.5, 0.6) is 0 Å². The monoisotopic (exact) mass is 243 g/mol. The predicted molar refractivity (Wildman–Crippen MR) is 71.3 cm³/mol. The highest BCUT2D eigenvalue weighted by atomic mass is 32.1. The minimum absolute atomic E-state index is 0.977. The summed E-state index contributed by atoms with van der Waals surface area (Å²) in [5.74, 6) is 0. The van der Waals surface area contributed by atoms with Crippen LogP contribution in [0.4, 0.5) is 0 Å². The van der Waals surface area contributed by atoms with Gasteiger partial charge in [-0.15, -0.1) is 11.3 Å². The average Bonchev–Trinajstić information content (AvgIpc) is 2.85. The molecule has 0 atom stereocenters. The van der Waals surface area contributed by atoms with Crippen LogP contribution >= 0.6 is 11.3 Å². The molecule has 3 heterocycles. The summed E-state index contributed by atoms with van der Waals surface area (Å²) in [6.45, 7) is 2.20. The first kappa shape index (κ1) is 10.6. The van der Waals surface area contributed by atoms with Crippen molar-refractivity contribution in [2.24, 2.45) is 0 Å². The maximum atomic E-state index is 4.69. The van der Waals surface area contributed by atoms with Gasteiger partial charge in [-0.2, -0.15) is 0 Å². The Balaban J connectivity index is 2.28. The number of rotatable bonds is 3. The number of hydrogen-bond acceptors (Lipinski definition) is 4. The van der Waals surface area contributed by atoms with Crippen LogP contribution in [-0.2, 0) is 6.42 Å². The lowest BCUT2D eigenvalue weighted by Gasteiger charge is -2.03. The molecule has 3 aromatic rings. The van der Waals surface area contributed by atoms with E-state index in [1.165, 1.54) is 11.1 Å². The molecule has 17 heavy (non-hydrogen) atoms. The molecule has 3 nitrogen and oxygen atoms in total. The van der Waals surface area contributed by atoms with Crippen LogP contribution in [0.25, 0.3) is 21.3 Å². The Kier molecular flexibility index (Phi) is 2.73. The van der Waals surface area contributed by atoms with Crippen LogP contribution < -0.4 is 0 Å². The lowest BCUT2D eigenvalue weighted by molar-refractivity contribution is 0.783. The molecule has 0 spiro atoms. The molecule has 0 radical (unpaired) electrons. The van der Waals surface area contributed by atoms with Crippen LogP contribution in [0.1, 0.15) is 25.5 Å². The van der Waals surface area contributed by atoms with Gasteiger partial charge >= 0.3 is 0 Å². The summed E-state index contributed by atoms with van der Waals surface area (Å²) in [4.78, 5) is 13.5. The van der Waals surface area contributed by atoms with E-state index in [1.807, 2.05) is 23.8 Å². The minimum atomic E-state index is 0.977. The second-order valence-corrected chi connectivity index (χ2v) is 4.92. The van der Waals surface area contributed by atoms with Crippen molar-refractivity contribution in [3.63, 3.8) is 0 Å².